The number of hydrogen-bond donors (Lipinski definition) is 1. The van der Waals surface area contributed by atoms with E-state index in [2.05, 4.69) is 26.0 Å². The van der Waals surface area contributed by atoms with Gasteiger partial charge in [-0.3, -0.25) is 4.79 Å². The Bertz CT molecular complexity index is 703. The lowest BCUT2D eigenvalue weighted by molar-refractivity contribution is 0.0600. The summed E-state index contributed by atoms with van der Waals surface area (Å²) < 4.78 is 5.23. The Morgan fingerprint density at radius 2 is 1.95 bits per heavy atom. The fourth-order valence-corrected chi connectivity index (χ4v) is 2.58. The Labute approximate surface area is 135 Å². The molecular weight excluding hydrogens is 358 g/mol. The number of benzene rings is 2. The summed E-state index contributed by atoms with van der Waals surface area (Å²) in [6.45, 7) is 0. The highest BCUT2D eigenvalue weighted by molar-refractivity contribution is 9.10. The molecule has 0 bridgehead atoms. The second-order valence-electron chi connectivity index (χ2n) is 4.15. The molecule has 2 aromatic rings. The zero-order chi connectivity index (χ0) is 15.4. The number of carbonyl (C=O) groups is 2. The largest absolute Gasteiger partial charge is 0.465 e. The summed E-state index contributed by atoms with van der Waals surface area (Å²) in [7, 11) is 1.30. The van der Waals surface area contributed by atoms with Gasteiger partial charge in [-0.15, -0.1) is 0 Å². The number of rotatable bonds is 3. The molecule has 2 aromatic carbocycles. The molecule has 0 saturated heterocycles. The average molecular weight is 369 g/mol. The molecule has 0 saturated carbocycles. The van der Waals surface area contributed by atoms with Gasteiger partial charge in [0.05, 0.1) is 18.2 Å². The summed E-state index contributed by atoms with van der Waals surface area (Å²) in [6.07, 6.45) is 0. The molecular formula is C15H11BrClNO3. The van der Waals surface area contributed by atoms with Crippen molar-refractivity contribution >= 4 is 45.1 Å². The minimum atomic E-state index is -0.459. The molecule has 6 heteroatoms. The molecule has 1 N–H and O–H groups in total. The van der Waals surface area contributed by atoms with Gasteiger partial charge in [-0.05, 0) is 52.3 Å². The zero-order valence-electron chi connectivity index (χ0n) is 11.0. The third-order valence-electron chi connectivity index (χ3n) is 2.72. The predicted molar refractivity (Wildman–Crippen MR) is 84.9 cm³/mol. The molecule has 0 aromatic heterocycles. The van der Waals surface area contributed by atoms with Crippen LogP contribution in [0.15, 0.2) is 46.9 Å². The number of amides is 1. The average Bonchev–Trinajstić information content (AvgIpc) is 2.46. The number of anilines is 1. The van der Waals surface area contributed by atoms with E-state index < -0.39 is 5.97 Å². The maximum absolute atomic E-state index is 12.2. The summed E-state index contributed by atoms with van der Waals surface area (Å²) in [5, 5.41) is 3.25. The van der Waals surface area contributed by atoms with Gasteiger partial charge in [-0.25, -0.2) is 4.79 Å². The Hall–Kier alpha value is -1.85. The van der Waals surface area contributed by atoms with Gasteiger partial charge in [-0.1, -0.05) is 17.7 Å². The van der Waals surface area contributed by atoms with E-state index >= 15 is 0 Å². The Morgan fingerprint density at radius 3 is 2.62 bits per heavy atom. The van der Waals surface area contributed by atoms with Crippen LogP contribution in [0, 0.1) is 0 Å². The predicted octanol–water partition coefficient (Wildman–Crippen LogP) is 4.14. The number of halogens is 2. The molecule has 2 rings (SSSR count). The van der Waals surface area contributed by atoms with E-state index in [9.17, 15) is 9.59 Å². The molecule has 0 fully saturated rings. The maximum Gasteiger partial charge on any atom is 0.337 e. The molecule has 0 heterocycles. The minimum Gasteiger partial charge on any atom is -0.465 e. The van der Waals surface area contributed by atoms with Crippen molar-refractivity contribution in [3.63, 3.8) is 0 Å². The van der Waals surface area contributed by atoms with Gasteiger partial charge in [0.25, 0.3) is 5.91 Å². The van der Waals surface area contributed by atoms with Gasteiger partial charge in [0.2, 0.25) is 0 Å². The van der Waals surface area contributed by atoms with Crippen LogP contribution in [0.4, 0.5) is 5.69 Å². The molecule has 0 aliphatic carbocycles. The summed E-state index contributed by atoms with van der Waals surface area (Å²) in [5.41, 5.74) is 1.32. The van der Waals surface area contributed by atoms with Gasteiger partial charge >= 0.3 is 5.97 Å². The van der Waals surface area contributed by atoms with E-state index in [0.29, 0.717) is 26.3 Å². The minimum absolute atomic E-state index is 0.305. The lowest BCUT2D eigenvalue weighted by Gasteiger charge is -2.08. The summed E-state index contributed by atoms with van der Waals surface area (Å²) in [4.78, 5) is 23.7. The quantitative estimate of drug-likeness (QED) is 0.828. The lowest BCUT2D eigenvalue weighted by Crippen LogP contribution is -2.13. The van der Waals surface area contributed by atoms with E-state index in [4.69, 9.17) is 11.6 Å². The normalized spacial score (nSPS) is 10.0. The zero-order valence-corrected chi connectivity index (χ0v) is 13.4. The molecule has 0 spiro atoms. The summed E-state index contributed by atoms with van der Waals surface area (Å²) >= 11 is 9.13. The molecule has 4 nitrogen and oxygen atoms in total. The Balaban J connectivity index is 2.21. The summed E-state index contributed by atoms with van der Waals surface area (Å²) in [6, 6.07) is 11.4. The molecule has 21 heavy (non-hydrogen) atoms. The van der Waals surface area contributed by atoms with Crippen LogP contribution in [0.1, 0.15) is 20.7 Å². The smallest absolute Gasteiger partial charge is 0.337 e. The van der Waals surface area contributed by atoms with Gasteiger partial charge in [0, 0.05) is 15.2 Å². The first kappa shape index (κ1) is 15.5. The number of carbonyl (C=O) groups excluding carboxylic acids is 2. The maximum atomic E-state index is 12.2. The van der Waals surface area contributed by atoms with Crippen molar-refractivity contribution in [3.8, 4) is 0 Å². The Kier molecular flexibility index (Phi) is 4.98. The lowest BCUT2D eigenvalue weighted by atomic mass is 10.1. The molecule has 0 atom stereocenters. The van der Waals surface area contributed by atoms with Gasteiger partial charge < -0.3 is 10.1 Å². The second kappa shape index (κ2) is 6.74. The van der Waals surface area contributed by atoms with Crippen LogP contribution in [0.2, 0.25) is 5.02 Å². The molecule has 108 valence electrons. The number of nitrogens with one attached hydrogen (secondary N) is 1. The fourth-order valence-electron chi connectivity index (χ4n) is 1.71. The number of esters is 1. The van der Waals surface area contributed by atoms with Crippen LogP contribution in [0.5, 0.6) is 0 Å². The third-order valence-corrected chi connectivity index (χ3v) is 3.61. The Morgan fingerprint density at radius 1 is 1.19 bits per heavy atom. The van der Waals surface area contributed by atoms with Crippen molar-refractivity contribution in [2.45, 2.75) is 0 Å². The van der Waals surface area contributed by atoms with Crippen molar-refractivity contribution in [2.75, 3.05) is 12.4 Å². The van der Waals surface area contributed by atoms with Gasteiger partial charge in [-0.2, -0.15) is 0 Å². The van der Waals surface area contributed by atoms with Crippen molar-refractivity contribution in [2.24, 2.45) is 0 Å². The first-order chi connectivity index (χ1) is 10.0. The van der Waals surface area contributed by atoms with Crippen LogP contribution >= 0.6 is 27.5 Å². The van der Waals surface area contributed by atoms with E-state index in [1.807, 2.05) is 0 Å². The van der Waals surface area contributed by atoms with Gasteiger partial charge in [0.15, 0.2) is 0 Å². The number of ether oxygens (including phenoxy) is 1. The SMILES string of the molecule is COC(=O)c1cccc(NC(=O)c2ccc(Cl)cc2Br)c1. The first-order valence-electron chi connectivity index (χ1n) is 5.96. The molecule has 0 aliphatic rings. The summed E-state index contributed by atoms with van der Waals surface area (Å²) in [5.74, 6) is -0.765. The van der Waals surface area contributed by atoms with E-state index in [-0.39, 0.29) is 5.91 Å². The van der Waals surface area contributed by atoms with Gasteiger partial charge in [0.1, 0.15) is 0 Å². The van der Waals surface area contributed by atoms with E-state index in [1.165, 1.54) is 7.11 Å². The van der Waals surface area contributed by atoms with Crippen LogP contribution in [0.3, 0.4) is 0 Å². The van der Waals surface area contributed by atoms with Crippen LogP contribution < -0.4 is 5.32 Å². The van der Waals surface area contributed by atoms with E-state index in [1.54, 1.807) is 42.5 Å². The molecule has 0 unspecified atom stereocenters. The standard InChI is InChI=1S/C15H11BrClNO3/c1-21-15(20)9-3-2-4-11(7-9)18-14(19)12-6-5-10(17)8-13(12)16/h2-8H,1H3,(H,18,19). The van der Waals surface area contributed by atoms with Crippen molar-refractivity contribution in [1.82, 2.24) is 0 Å². The first-order valence-corrected chi connectivity index (χ1v) is 7.13. The monoisotopic (exact) mass is 367 g/mol. The highest BCUT2D eigenvalue weighted by Crippen LogP contribution is 2.23. The molecule has 0 aliphatic heterocycles. The number of hydrogen-bond acceptors (Lipinski definition) is 3. The van der Waals surface area contributed by atoms with Crippen molar-refractivity contribution in [1.29, 1.82) is 0 Å². The highest BCUT2D eigenvalue weighted by Gasteiger charge is 2.12. The molecule has 1 amide bonds. The fraction of sp³-hybridized carbons (Fsp3) is 0.0667. The topological polar surface area (TPSA) is 55.4 Å². The van der Waals surface area contributed by atoms with Crippen LogP contribution in [-0.2, 0) is 4.74 Å². The van der Waals surface area contributed by atoms with Crippen molar-refractivity contribution in [3.05, 3.63) is 63.1 Å². The van der Waals surface area contributed by atoms with E-state index in [0.717, 1.165) is 0 Å². The second-order valence-corrected chi connectivity index (χ2v) is 5.44. The van der Waals surface area contributed by atoms with Crippen LogP contribution in [-0.4, -0.2) is 19.0 Å². The third kappa shape index (κ3) is 3.83. The van der Waals surface area contributed by atoms with Crippen molar-refractivity contribution < 1.29 is 14.3 Å². The molecule has 0 radical (unpaired) electrons. The van der Waals surface area contributed by atoms with Crippen LogP contribution in [0.25, 0.3) is 0 Å². The highest BCUT2D eigenvalue weighted by atomic mass is 79.9. The number of methoxy groups -OCH3 is 1.